The van der Waals surface area contributed by atoms with Gasteiger partial charge in [0.15, 0.2) is 5.96 Å². The molecule has 2 fully saturated rings. The van der Waals surface area contributed by atoms with E-state index in [-0.39, 0.29) is 35.5 Å². The number of nitrogens with one attached hydrogen (secondary N) is 2. The van der Waals surface area contributed by atoms with E-state index in [0.717, 1.165) is 50.9 Å². The van der Waals surface area contributed by atoms with Crippen LogP contribution in [0.4, 0.5) is 0 Å². The molecule has 2 aliphatic rings. The van der Waals surface area contributed by atoms with Crippen LogP contribution in [0.2, 0.25) is 0 Å². The van der Waals surface area contributed by atoms with E-state index in [9.17, 15) is 10.2 Å². The van der Waals surface area contributed by atoms with Gasteiger partial charge >= 0.3 is 0 Å². The van der Waals surface area contributed by atoms with Crippen molar-refractivity contribution < 1.29 is 10.2 Å². The van der Waals surface area contributed by atoms with Crippen LogP contribution in [0.1, 0.15) is 64.7 Å². The number of hydrogen-bond donors (Lipinski definition) is 4. The molecule has 2 aliphatic carbocycles. The lowest BCUT2D eigenvalue weighted by molar-refractivity contribution is 0.00268. The van der Waals surface area contributed by atoms with E-state index >= 15 is 0 Å². The molecule has 0 radical (unpaired) electrons. The van der Waals surface area contributed by atoms with Gasteiger partial charge in [-0.3, -0.25) is 4.99 Å². The Hall–Kier alpha value is -0.0800. The van der Waals surface area contributed by atoms with Gasteiger partial charge in [-0.1, -0.05) is 39.0 Å². The largest absolute Gasteiger partial charge is 0.392 e. The third kappa shape index (κ3) is 6.05. The third-order valence-electron chi connectivity index (χ3n) is 5.53. The molecule has 0 aromatic rings. The Morgan fingerprint density at radius 1 is 1.04 bits per heavy atom. The maximum atomic E-state index is 10.5. The van der Waals surface area contributed by atoms with Crippen LogP contribution in [0.5, 0.6) is 0 Å². The summed E-state index contributed by atoms with van der Waals surface area (Å²) < 4.78 is 0. The first-order valence-corrected chi connectivity index (χ1v) is 8.82. The molecule has 0 bridgehead atoms. The number of hydrogen-bond acceptors (Lipinski definition) is 3. The van der Waals surface area contributed by atoms with E-state index in [1.165, 1.54) is 12.8 Å². The predicted molar refractivity (Wildman–Crippen MR) is 105 cm³/mol. The van der Waals surface area contributed by atoms with Crippen molar-refractivity contribution in [2.45, 2.75) is 76.4 Å². The fourth-order valence-corrected chi connectivity index (χ4v) is 3.73. The van der Waals surface area contributed by atoms with Gasteiger partial charge in [0.05, 0.1) is 11.7 Å². The minimum Gasteiger partial charge on any atom is -0.392 e. The summed E-state index contributed by atoms with van der Waals surface area (Å²) in [5.74, 6) is 0.720. The number of nitrogens with zero attached hydrogens (tertiary/aromatic N) is 1. The SMILES string of the molecule is CN=C(NCC1(O)CCCCC1)NCC1(C)CCCCC1O.I. The first-order chi connectivity index (χ1) is 10.5. The highest BCUT2D eigenvalue weighted by molar-refractivity contribution is 14.0. The van der Waals surface area contributed by atoms with E-state index in [2.05, 4.69) is 22.5 Å². The lowest BCUT2D eigenvalue weighted by atomic mass is 9.73. The quantitative estimate of drug-likeness (QED) is 0.308. The molecule has 5 nitrogen and oxygen atoms in total. The van der Waals surface area contributed by atoms with Gasteiger partial charge in [-0.05, 0) is 25.7 Å². The van der Waals surface area contributed by atoms with Crippen molar-refractivity contribution in [1.29, 1.82) is 0 Å². The van der Waals surface area contributed by atoms with Crippen LogP contribution < -0.4 is 10.6 Å². The molecule has 6 heteroatoms. The minimum atomic E-state index is -0.593. The van der Waals surface area contributed by atoms with Crippen LogP contribution in [-0.4, -0.2) is 48.0 Å². The molecule has 23 heavy (non-hydrogen) atoms. The lowest BCUT2D eigenvalue weighted by Gasteiger charge is -2.39. The number of aliphatic hydroxyl groups excluding tert-OH is 1. The molecule has 0 saturated heterocycles. The maximum Gasteiger partial charge on any atom is 0.191 e. The molecular formula is C17H34IN3O2. The highest BCUT2D eigenvalue weighted by Gasteiger charge is 2.35. The van der Waals surface area contributed by atoms with Crippen molar-refractivity contribution in [2.24, 2.45) is 10.4 Å². The van der Waals surface area contributed by atoms with Crippen LogP contribution in [0.25, 0.3) is 0 Å². The average molecular weight is 439 g/mol. The zero-order chi connectivity index (χ0) is 16.1. The molecule has 2 saturated carbocycles. The lowest BCUT2D eigenvalue weighted by Crippen LogP contribution is -2.51. The van der Waals surface area contributed by atoms with Gasteiger partial charge in [0, 0.05) is 25.6 Å². The summed E-state index contributed by atoms with van der Waals surface area (Å²) in [7, 11) is 1.75. The van der Waals surface area contributed by atoms with Gasteiger partial charge < -0.3 is 20.8 Å². The Kier molecular flexibility index (Phi) is 8.58. The number of aliphatic hydroxyl groups is 2. The van der Waals surface area contributed by atoms with Gasteiger partial charge in [0.25, 0.3) is 0 Å². The highest BCUT2D eigenvalue weighted by atomic mass is 127. The summed E-state index contributed by atoms with van der Waals surface area (Å²) in [6.07, 6.45) is 9.17. The fraction of sp³-hybridized carbons (Fsp3) is 0.941. The summed E-state index contributed by atoms with van der Waals surface area (Å²) in [6.45, 7) is 3.41. The van der Waals surface area contributed by atoms with E-state index in [4.69, 9.17) is 0 Å². The van der Waals surface area contributed by atoms with Crippen LogP contribution in [-0.2, 0) is 0 Å². The van der Waals surface area contributed by atoms with Gasteiger partial charge in [0.2, 0.25) is 0 Å². The molecule has 0 aromatic carbocycles. The number of halogens is 1. The van der Waals surface area contributed by atoms with E-state index in [1.807, 2.05) is 0 Å². The zero-order valence-electron chi connectivity index (χ0n) is 14.6. The van der Waals surface area contributed by atoms with E-state index < -0.39 is 5.60 Å². The van der Waals surface area contributed by atoms with Crippen LogP contribution >= 0.6 is 24.0 Å². The summed E-state index contributed by atoms with van der Waals surface area (Å²) in [5.41, 5.74) is -0.679. The molecule has 0 heterocycles. The van der Waals surface area contributed by atoms with Crippen molar-refractivity contribution in [2.75, 3.05) is 20.1 Å². The van der Waals surface area contributed by atoms with Crippen molar-refractivity contribution in [3.63, 3.8) is 0 Å². The first kappa shape index (κ1) is 21.0. The topological polar surface area (TPSA) is 76.9 Å². The van der Waals surface area contributed by atoms with Gasteiger partial charge in [-0.15, -0.1) is 24.0 Å². The van der Waals surface area contributed by atoms with Crippen LogP contribution in [0.15, 0.2) is 4.99 Å². The molecule has 0 amide bonds. The third-order valence-corrected chi connectivity index (χ3v) is 5.53. The number of rotatable bonds is 4. The molecule has 0 aliphatic heterocycles. The van der Waals surface area contributed by atoms with E-state index in [0.29, 0.717) is 13.1 Å². The van der Waals surface area contributed by atoms with Gasteiger partial charge in [-0.2, -0.15) is 0 Å². The second kappa shape index (κ2) is 9.42. The first-order valence-electron chi connectivity index (χ1n) is 8.82. The van der Waals surface area contributed by atoms with Crippen LogP contribution in [0, 0.1) is 5.41 Å². The Morgan fingerprint density at radius 2 is 1.65 bits per heavy atom. The Morgan fingerprint density at radius 3 is 2.26 bits per heavy atom. The monoisotopic (exact) mass is 439 g/mol. The molecule has 2 atom stereocenters. The summed E-state index contributed by atoms with van der Waals surface area (Å²) in [4.78, 5) is 4.25. The Bertz CT molecular complexity index is 386. The Labute approximate surface area is 157 Å². The van der Waals surface area contributed by atoms with Crippen molar-refractivity contribution in [3.8, 4) is 0 Å². The standard InChI is InChI=1S/C17H33N3O2.HI/c1-16(9-7-4-8-14(16)21)12-19-15(18-2)20-13-17(22)10-5-3-6-11-17;/h14,21-22H,3-13H2,1-2H3,(H2,18,19,20);1H. The molecule has 2 unspecified atom stereocenters. The molecule has 4 N–H and O–H groups in total. The number of aliphatic imine (C=N–C) groups is 1. The summed E-state index contributed by atoms with van der Waals surface area (Å²) in [6, 6.07) is 0. The average Bonchev–Trinajstić information content (AvgIpc) is 2.51. The Balaban J connectivity index is 0.00000264. The van der Waals surface area contributed by atoms with Crippen molar-refractivity contribution in [1.82, 2.24) is 10.6 Å². The van der Waals surface area contributed by atoms with Crippen LogP contribution in [0.3, 0.4) is 0 Å². The summed E-state index contributed by atoms with van der Waals surface area (Å²) in [5, 5.41) is 27.4. The molecule has 0 aromatic heterocycles. The van der Waals surface area contributed by atoms with Gasteiger partial charge in [-0.25, -0.2) is 0 Å². The normalized spacial score (nSPS) is 31.1. The van der Waals surface area contributed by atoms with Crippen molar-refractivity contribution in [3.05, 3.63) is 0 Å². The molecule has 0 spiro atoms. The summed E-state index contributed by atoms with van der Waals surface area (Å²) >= 11 is 0. The fourth-order valence-electron chi connectivity index (χ4n) is 3.73. The minimum absolute atomic E-state index is 0. The molecule has 136 valence electrons. The van der Waals surface area contributed by atoms with Gasteiger partial charge in [0.1, 0.15) is 0 Å². The smallest absolute Gasteiger partial charge is 0.191 e. The maximum absolute atomic E-state index is 10.5. The van der Waals surface area contributed by atoms with E-state index in [1.54, 1.807) is 7.05 Å². The molecule has 2 rings (SSSR count). The second-order valence-corrected chi connectivity index (χ2v) is 7.48. The number of guanidine groups is 1. The van der Waals surface area contributed by atoms with Crippen molar-refractivity contribution >= 4 is 29.9 Å². The zero-order valence-corrected chi connectivity index (χ0v) is 16.9. The highest BCUT2D eigenvalue weighted by Crippen LogP contribution is 2.35. The molecular weight excluding hydrogens is 405 g/mol. The predicted octanol–water partition coefficient (Wildman–Crippen LogP) is 2.41. The second-order valence-electron chi connectivity index (χ2n) is 7.48.